The number of amides is 2. The molecule has 2 rings (SSSR count). The Morgan fingerprint density at radius 3 is 2.69 bits per heavy atom. The van der Waals surface area contributed by atoms with Gasteiger partial charge in [0.05, 0.1) is 0 Å². The summed E-state index contributed by atoms with van der Waals surface area (Å²) in [6, 6.07) is 0.334. The number of rotatable bonds is 2. The molecular formula is C12H18N2O2. The van der Waals surface area contributed by atoms with Gasteiger partial charge in [-0.1, -0.05) is 6.42 Å². The van der Waals surface area contributed by atoms with Crippen LogP contribution in [-0.2, 0) is 9.59 Å². The summed E-state index contributed by atoms with van der Waals surface area (Å²) < 4.78 is 0. The molecule has 4 heteroatoms. The maximum atomic E-state index is 11.7. The van der Waals surface area contributed by atoms with Gasteiger partial charge in [0, 0.05) is 24.2 Å². The first-order chi connectivity index (χ1) is 7.59. The predicted molar refractivity (Wildman–Crippen MR) is 60.7 cm³/mol. The minimum absolute atomic E-state index is 0.121. The molecule has 0 bridgehead atoms. The summed E-state index contributed by atoms with van der Waals surface area (Å²) in [7, 11) is 2.06. The molecule has 0 spiro atoms. The Balaban J connectivity index is 2.00. The lowest BCUT2D eigenvalue weighted by Crippen LogP contribution is -2.46. The van der Waals surface area contributed by atoms with E-state index in [0.717, 1.165) is 13.0 Å². The number of likely N-dealkylation sites (N-methyl/N-ethyl adjacent to an activating group) is 1. The Morgan fingerprint density at radius 2 is 2.12 bits per heavy atom. The molecule has 0 radical (unpaired) electrons. The highest BCUT2D eigenvalue weighted by molar-refractivity contribution is 6.15. The highest BCUT2D eigenvalue weighted by Gasteiger charge is 2.32. The van der Waals surface area contributed by atoms with E-state index in [9.17, 15) is 9.59 Å². The summed E-state index contributed by atoms with van der Waals surface area (Å²) in [5.74, 6) is -0.273. The Bertz CT molecular complexity index is 349. The van der Waals surface area contributed by atoms with E-state index in [2.05, 4.69) is 11.9 Å². The second-order valence-corrected chi connectivity index (χ2v) is 4.71. The molecule has 0 saturated carbocycles. The quantitative estimate of drug-likeness (QED) is 0.648. The fraction of sp³-hybridized carbons (Fsp3) is 0.667. The first kappa shape index (κ1) is 11.3. The summed E-state index contributed by atoms with van der Waals surface area (Å²) >= 11 is 0. The van der Waals surface area contributed by atoms with Crippen LogP contribution in [0, 0.1) is 0 Å². The van der Waals surface area contributed by atoms with Crippen LogP contribution >= 0.6 is 0 Å². The van der Waals surface area contributed by atoms with E-state index in [0.29, 0.717) is 18.2 Å². The van der Waals surface area contributed by atoms with Crippen LogP contribution in [0.15, 0.2) is 11.6 Å². The van der Waals surface area contributed by atoms with Crippen molar-refractivity contribution in [1.29, 1.82) is 0 Å². The largest absolute Gasteiger partial charge is 0.302 e. The van der Waals surface area contributed by atoms with Crippen molar-refractivity contribution in [3.63, 3.8) is 0 Å². The molecule has 88 valence electrons. The molecular weight excluding hydrogens is 204 g/mol. The van der Waals surface area contributed by atoms with Crippen LogP contribution in [0.2, 0.25) is 0 Å². The lowest BCUT2D eigenvalue weighted by atomic mass is 10.0. The van der Waals surface area contributed by atoms with Crippen molar-refractivity contribution in [3.8, 4) is 0 Å². The molecule has 2 aliphatic heterocycles. The van der Waals surface area contributed by atoms with Gasteiger partial charge in [-0.05, 0) is 33.4 Å². The number of carbonyl (C=O) groups excluding carboxylic acids is 2. The molecule has 1 unspecified atom stereocenters. The van der Waals surface area contributed by atoms with Crippen molar-refractivity contribution in [2.75, 3.05) is 20.1 Å². The van der Waals surface area contributed by atoms with Crippen molar-refractivity contribution in [3.05, 3.63) is 11.6 Å². The zero-order valence-corrected chi connectivity index (χ0v) is 9.90. The third-order valence-electron chi connectivity index (χ3n) is 3.50. The molecule has 2 amide bonds. The van der Waals surface area contributed by atoms with Gasteiger partial charge in [-0.2, -0.15) is 0 Å². The average molecular weight is 222 g/mol. The van der Waals surface area contributed by atoms with Crippen LogP contribution in [0.3, 0.4) is 0 Å². The lowest BCUT2D eigenvalue weighted by molar-refractivity contribution is -0.138. The lowest BCUT2D eigenvalue weighted by Gasteiger charge is -2.34. The first-order valence-electron chi connectivity index (χ1n) is 5.84. The molecule has 0 N–H and O–H groups in total. The normalized spacial score (nSPS) is 27.5. The van der Waals surface area contributed by atoms with Crippen molar-refractivity contribution >= 4 is 11.8 Å². The molecule has 16 heavy (non-hydrogen) atoms. The van der Waals surface area contributed by atoms with E-state index < -0.39 is 0 Å². The average Bonchev–Trinajstić information content (AvgIpc) is 2.48. The molecule has 0 aromatic heterocycles. The third-order valence-corrected chi connectivity index (χ3v) is 3.50. The predicted octanol–water partition coefficient (Wildman–Crippen LogP) is 0.786. The second-order valence-electron chi connectivity index (χ2n) is 4.71. The van der Waals surface area contributed by atoms with Crippen LogP contribution in [0.1, 0.15) is 26.2 Å². The van der Waals surface area contributed by atoms with Crippen molar-refractivity contribution in [1.82, 2.24) is 9.80 Å². The Morgan fingerprint density at radius 1 is 1.38 bits per heavy atom. The number of hydrogen-bond acceptors (Lipinski definition) is 3. The Kier molecular flexibility index (Phi) is 3.10. The van der Waals surface area contributed by atoms with Gasteiger partial charge in [-0.15, -0.1) is 0 Å². The van der Waals surface area contributed by atoms with E-state index in [1.807, 2.05) is 0 Å². The summed E-state index contributed by atoms with van der Waals surface area (Å²) in [6.45, 7) is 3.31. The highest BCUT2D eigenvalue weighted by Crippen LogP contribution is 2.19. The van der Waals surface area contributed by atoms with Gasteiger partial charge in [-0.3, -0.25) is 14.5 Å². The zero-order chi connectivity index (χ0) is 11.7. The zero-order valence-electron chi connectivity index (χ0n) is 9.90. The topological polar surface area (TPSA) is 40.6 Å². The van der Waals surface area contributed by atoms with Gasteiger partial charge in [0.2, 0.25) is 0 Å². The molecule has 1 atom stereocenters. The van der Waals surface area contributed by atoms with Crippen LogP contribution in [0.4, 0.5) is 0 Å². The minimum Gasteiger partial charge on any atom is -0.302 e. The molecule has 2 heterocycles. The van der Waals surface area contributed by atoms with Gasteiger partial charge in [0.25, 0.3) is 11.8 Å². The molecule has 0 aliphatic carbocycles. The number of imide groups is 1. The van der Waals surface area contributed by atoms with E-state index in [-0.39, 0.29) is 11.8 Å². The van der Waals surface area contributed by atoms with Gasteiger partial charge < -0.3 is 4.90 Å². The van der Waals surface area contributed by atoms with Crippen LogP contribution < -0.4 is 0 Å². The maximum Gasteiger partial charge on any atom is 0.256 e. The van der Waals surface area contributed by atoms with E-state index >= 15 is 0 Å². The molecule has 0 aromatic rings. The molecule has 1 fully saturated rings. The highest BCUT2D eigenvalue weighted by atomic mass is 16.2. The summed E-state index contributed by atoms with van der Waals surface area (Å²) in [6.07, 6.45) is 4.92. The maximum absolute atomic E-state index is 11.7. The molecule has 4 nitrogen and oxygen atoms in total. The van der Waals surface area contributed by atoms with E-state index in [1.165, 1.54) is 23.8 Å². The molecule has 1 saturated heterocycles. The van der Waals surface area contributed by atoms with Gasteiger partial charge in [0.1, 0.15) is 0 Å². The second kappa shape index (κ2) is 4.37. The van der Waals surface area contributed by atoms with Gasteiger partial charge >= 0.3 is 0 Å². The Labute approximate surface area is 95.9 Å². The fourth-order valence-electron chi connectivity index (χ4n) is 2.40. The van der Waals surface area contributed by atoms with Crippen molar-refractivity contribution < 1.29 is 9.59 Å². The van der Waals surface area contributed by atoms with Crippen LogP contribution in [0.25, 0.3) is 0 Å². The molecule has 2 aliphatic rings. The first-order valence-corrected chi connectivity index (χ1v) is 5.84. The third kappa shape index (κ3) is 2.02. The van der Waals surface area contributed by atoms with Gasteiger partial charge in [0.15, 0.2) is 0 Å². The Hall–Kier alpha value is -1.16. The van der Waals surface area contributed by atoms with Gasteiger partial charge in [-0.25, -0.2) is 0 Å². The standard InChI is InChI=1S/C12H18N2O2/c1-9-7-11(15)14(12(9)16)8-10-5-3-4-6-13(10)2/h7,10H,3-6,8H2,1-2H3. The summed E-state index contributed by atoms with van der Waals surface area (Å²) in [5, 5.41) is 0. The number of nitrogens with zero attached hydrogens (tertiary/aromatic N) is 2. The smallest absolute Gasteiger partial charge is 0.256 e. The van der Waals surface area contributed by atoms with Crippen LogP contribution in [0.5, 0.6) is 0 Å². The fourth-order valence-corrected chi connectivity index (χ4v) is 2.40. The summed E-state index contributed by atoms with van der Waals surface area (Å²) in [5.41, 5.74) is 0.559. The number of carbonyl (C=O) groups is 2. The van der Waals surface area contributed by atoms with E-state index in [4.69, 9.17) is 0 Å². The van der Waals surface area contributed by atoms with E-state index in [1.54, 1.807) is 6.92 Å². The minimum atomic E-state index is -0.151. The number of likely N-dealkylation sites (tertiary alicyclic amines) is 1. The van der Waals surface area contributed by atoms with Crippen molar-refractivity contribution in [2.24, 2.45) is 0 Å². The molecule has 0 aromatic carbocycles. The summed E-state index contributed by atoms with van der Waals surface area (Å²) in [4.78, 5) is 26.9. The number of piperidine rings is 1. The monoisotopic (exact) mass is 222 g/mol. The van der Waals surface area contributed by atoms with Crippen molar-refractivity contribution in [2.45, 2.75) is 32.2 Å². The van der Waals surface area contributed by atoms with Crippen LogP contribution in [-0.4, -0.2) is 47.8 Å². The SMILES string of the molecule is CC1=CC(=O)N(CC2CCCCN2C)C1=O. The number of hydrogen-bond donors (Lipinski definition) is 0.